The monoisotopic (exact) mass is 424 g/mol. The molecule has 7 heteroatoms. The number of methoxy groups -OCH3 is 1. The van der Waals surface area contributed by atoms with Crippen LogP contribution in [0.15, 0.2) is 53.9 Å². The van der Waals surface area contributed by atoms with E-state index in [1.165, 1.54) is 11.3 Å². The average molecular weight is 425 g/mol. The van der Waals surface area contributed by atoms with Gasteiger partial charge >= 0.3 is 5.97 Å². The first kappa shape index (κ1) is 21.5. The minimum Gasteiger partial charge on any atom is -0.497 e. The van der Waals surface area contributed by atoms with Gasteiger partial charge in [-0.2, -0.15) is 0 Å². The van der Waals surface area contributed by atoms with Gasteiger partial charge in [-0.15, -0.1) is 11.3 Å². The fourth-order valence-corrected chi connectivity index (χ4v) is 3.53. The van der Waals surface area contributed by atoms with Gasteiger partial charge in [0.25, 0.3) is 5.91 Å². The number of nitrogens with zero attached hydrogens (tertiary/aromatic N) is 1. The molecule has 3 rings (SSSR count). The van der Waals surface area contributed by atoms with Crippen molar-refractivity contribution >= 4 is 28.9 Å². The smallest absolute Gasteiger partial charge is 0.338 e. The molecule has 0 spiro atoms. The van der Waals surface area contributed by atoms with Gasteiger partial charge in [0.05, 0.1) is 24.3 Å². The van der Waals surface area contributed by atoms with Crippen LogP contribution in [-0.2, 0) is 11.2 Å². The number of hydrogen-bond acceptors (Lipinski definition) is 6. The van der Waals surface area contributed by atoms with Crippen molar-refractivity contribution < 1.29 is 19.1 Å². The van der Waals surface area contributed by atoms with E-state index >= 15 is 0 Å². The summed E-state index contributed by atoms with van der Waals surface area (Å²) in [5.74, 6) is 0.0909. The summed E-state index contributed by atoms with van der Waals surface area (Å²) in [5.41, 5.74) is 2.36. The maximum atomic E-state index is 12.6. The molecule has 1 aromatic heterocycles. The van der Waals surface area contributed by atoms with Crippen LogP contribution in [0.5, 0.6) is 5.75 Å². The Kier molecular flexibility index (Phi) is 7.57. The molecule has 0 aliphatic rings. The zero-order chi connectivity index (χ0) is 21.3. The number of unbranched alkanes of at least 4 members (excludes halogenated alkanes) is 1. The SMILES string of the molecule is CCCCOC(=O)c1cccc(NC(=O)c2csc(Cc3ccc(OC)cc3)n2)c1. The van der Waals surface area contributed by atoms with Crippen molar-refractivity contribution in [3.05, 3.63) is 75.7 Å². The van der Waals surface area contributed by atoms with E-state index in [9.17, 15) is 9.59 Å². The van der Waals surface area contributed by atoms with Crippen LogP contribution in [0, 0.1) is 0 Å². The Labute approximate surface area is 179 Å². The lowest BCUT2D eigenvalue weighted by molar-refractivity contribution is 0.0499. The first-order chi connectivity index (χ1) is 14.6. The topological polar surface area (TPSA) is 77.5 Å². The highest BCUT2D eigenvalue weighted by atomic mass is 32.1. The maximum Gasteiger partial charge on any atom is 0.338 e. The fraction of sp³-hybridized carbons (Fsp3) is 0.261. The molecule has 0 unspecified atom stereocenters. The van der Waals surface area contributed by atoms with Crippen LogP contribution in [0.2, 0.25) is 0 Å². The van der Waals surface area contributed by atoms with Crippen molar-refractivity contribution in [2.24, 2.45) is 0 Å². The Morgan fingerprint density at radius 2 is 1.93 bits per heavy atom. The average Bonchev–Trinajstić information content (AvgIpc) is 3.23. The molecule has 0 bridgehead atoms. The number of ether oxygens (including phenoxy) is 2. The zero-order valence-corrected chi connectivity index (χ0v) is 17.8. The standard InChI is InChI=1S/C23H24N2O4S/c1-3-4-12-29-23(27)17-6-5-7-18(14-17)24-22(26)20-15-30-21(25-20)13-16-8-10-19(28-2)11-9-16/h5-11,14-15H,3-4,12-13H2,1-2H3,(H,24,26). The van der Waals surface area contributed by atoms with E-state index in [2.05, 4.69) is 10.3 Å². The number of benzene rings is 2. The Bertz CT molecular complexity index is 998. The van der Waals surface area contributed by atoms with Gasteiger partial charge in [0.2, 0.25) is 0 Å². The number of hydrogen-bond donors (Lipinski definition) is 1. The van der Waals surface area contributed by atoms with Crippen molar-refractivity contribution in [1.29, 1.82) is 0 Å². The molecule has 0 atom stereocenters. The third-order valence-electron chi connectivity index (χ3n) is 4.39. The molecule has 0 saturated heterocycles. The van der Waals surface area contributed by atoms with Crippen LogP contribution in [0.4, 0.5) is 5.69 Å². The second-order valence-corrected chi connectivity index (χ2v) is 7.62. The van der Waals surface area contributed by atoms with Gasteiger partial charge in [0.15, 0.2) is 0 Å². The summed E-state index contributed by atoms with van der Waals surface area (Å²) in [6, 6.07) is 14.5. The van der Waals surface area contributed by atoms with E-state index in [1.807, 2.05) is 31.2 Å². The lowest BCUT2D eigenvalue weighted by Crippen LogP contribution is -2.13. The van der Waals surface area contributed by atoms with Crippen LogP contribution < -0.4 is 10.1 Å². The second kappa shape index (κ2) is 10.5. The Balaban J connectivity index is 1.61. The second-order valence-electron chi connectivity index (χ2n) is 6.68. The first-order valence-electron chi connectivity index (χ1n) is 9.75. The maximum absolute atomic E-state index is 12.6. The van der Waals surface area contributed by atoms with Gasteiger partial charge in [0, 0.05) is 17.5 Å². The van der Waals surface area contributed by atoms with E-state index in [4.69, 9.17) is 9.47 Å². The van der Waals surface area contributed by atoms with E-state index < -0.39 is 5.97 Å². The molecule has 6 nitrogen and oxygen atoms in total. The van der Waals surface area contributed by atoms with Crippen molar-refractivity contribution in [2.75, 3.05) is 19.0 Å². The number of esters is 1. The molecular weight excluding hydrogens is 400 g/mol. The van der Waals surface area contributed by atoms with Crippen molar-refractivity contribution in [1.82, 2.24) is 4.98 Å². The molecule has 0 saturated carbocycles. The van der Waals surface area contributed by atoms with Gasteiger partial charge in [-0.3, -0.25) is 4.79 Å². The van der Waals surface area contributed by atoms with Crippen molar-refractivity contribution in [2.45, 2.75) is 26.2 Å². The Morgan fingerprint density at radius 1 is 1.13 bits per heavy atom. The van der Waals surface area contributed by atoms with E-state index in [0.29, 0.717) is 30.0 Å². The molecule has 1 heterocycles. The molecule has 2 aromatic carbocycles. The lowest BCUT2D eigenvalue weighted by atomic mass is 10.1. The van der Waals surface area contributed by atoms with Gasteiger partial charge in [-0.25, -0.2) is 9.78 Å². The highest BCUT2D eigenvalue weighted by Crippen LogP contribution is 2.19. The molecule has 1 amide bonds. The number of nitrogens with one attached hydrogen (secondary N) is 1. The summed E-state index contributed by atoms with van der Waals surface area (Å²) < 4.78 is 10.4. The predicted molar refractivity (Wildman–Crippen MR) is 117 cm³/mol. The number of amides is 1. The van der Waals surface area contributed by atoms with Crippen LogP contribution in [-0.4, -0.2) is 30.6 Å². The van der Waals surface area contributed by atoms with Crippen LogP contribution in [0.1, 0.15) is 51.2 Å². The number of carbonyl (C=O) groups is 2. The van der Waals surface area contributed by atoms with Crippen LogP contribution in [0.3, 0.4) is 0 Å². The summed E-state index contributed by atoms with van der Waals surface area (Å²) in [4.78, 5) is 29.1. The normalized spacial score (nSPS) is 10.5. The highest BCUT2D eigenvalue weighted by molar-refractivity contribution is 7.09. The van der Waals surface area contributed by atoms with Crippen LogP contribution >= 0.6 is 11.3 Å². The molecule has 0 fully saturated rings. The predicted octanol–water partition coefficient (Wildman–Crippen LogP) is 4.95. The first-order valence-corrected chi connectivity index (χ1v) is 10.6. The van der Waals surface area contributed by atoms with Gasteiger partial charge in [-0.1, -0.05) is 31.5 Å². The van der Waals surface area contributed by atoms with Gasteiger partial charge in [-0.05, 0) is 42.3 Å². The third kappa shape index (κ3) is 5.90. The van der Waals surface area contributed by atoms with E-state index in [1.54, 1.807) is 36.8 Å². The quantitative estimate of drug-likeness (QED) is 0.388. The Hall–Kier alpha value is -3.19. The Morgan fingerprint density at radius 3 is 2.67 bits per heavy atom. The molecular formula is C23H24N2O4S. The number of rotatable bonds is 9. The van der Waals surface area contributed by atoms with E-state index in [0.717, 1.165) is 29.2 Å². The van der Waals surface area contributed by atoms with Gasteiger partial charge < -0.3 is 14.8 Å². The molecule has 0 aliphatic heterocycles. The van der Waals surface area contributed by atoms with Crippen LogP contribution in [0.25, 0.3) is 0 Å². The highest BCUT2D eigenvalue weighted by Gasteiger charge is 2.13. The van der Waals surface area contributed by atoms with Crippen molar-refractivity contribution in [3.8, 4) is 5.75 Å². The summed E-state index contributed by atoms with van der Waals surface area (Å²) in [5, 5.41) is 5.37. The lowest BCUT2D eigenvalue weighted by Gasteiger charge is -2.07. The number of anilines is 1. The molecule has 1 N–H and O–H groups in total. The fourth-order valence-electron chi connectivity index (χ4n) is 2.73. The summed E-state index contributed by atoms with van der Waals surface area (Å²) in [6.07, 6.45) is 2.42. The molecule has 156 valence electrons. The summed E-state index contributed by atoms with van der Waals surface area (Å²) in [7, 11) is 1.63. The van der Waals surface area contributed by atoms with Gasteiger partial charge in [0.1, 0.15) is 11.4 Å². The largest absolute Gasteiger partial charge is 0.497 e. The third-order valence-corrected chi connectivity index (χ3v) is 5.23. The van der Waals surface area contributed by atoms with Crippen molar-refractivity contribution in [3.63, 3.8) is 0 Å². The summed E-state index contributed by atoms with van der Waals surface area (Å²) in [6.45, 7) is 2.42. The number of aromatic nitrogens is 1. The molecule has 3 aromatic rings. The minimum absolute atomic E-state index is 0.316. The van der Waals surface area contributed by atoms with E-state index in [-0.39, 0.29) is 5.91 Å². The summed E-state index contributed by atoms with van der Waals surface area (Å²) >= 11 is 1.44. The minimum atomic E-state index is -0.394. The molecule has 0 radical (unpaired) electrons. The zero-order valence-electron chi connectivity index (χ0n) is 17.0. The molecule has 0 aliphatic carbocycles. The number of thiazole rings is 1. The molecule has 30 heavy (non-hydrogen) atoms. The number of carbonyl (C=O) groups excluding carboxylic acids is 2.